The zero-order valence-corrected chi connectivity index (χ0v) is 12.8. The molecule has 0 radical (unpaired) electrons. The molecule has 8 heteroatoms. The highest BCUT2D eigenvalue weighted by Gasteiger charge is 2.12. The lowest BCUT2D eigenvalue weighted by Crippen LogP contribution is -2.05. The molecule has 0 amide bonds. The molecule has 3 rings (SSSR count). The van der Waals surface area contributed by atoms with Crippen molar-refractivity contribution in [2.75, 3.05) is 11.9 Å². The van der Waals surface area contributed by atoms with Crippen LogP contribution in [0.25, 0.3) is 11.2 Å². The number of rotatable bonds is 5. The summed E-state index contributed by atoms with van der Waals surface area (Å²) < 4.78 is 0.971. The van der Waals surface area contributed by atoms with Gasteiger partial charge in [-0.1, -0.05) is 6.92 Å². The number of thiazole rings is 1. The van der Waals surface area contributed by atoms with Crippen LogP contribution in [-0.4, -0.2) is 31.5 Å². The van der Waals surface area contributed by atoms with Crippen molar-refractivity contribution in [3.63, 3.8) is 0 Å². The van der Waals surface area contributed by atoms with E-state index in [1.54, 1.807) is 17.7 Å². The third-order valence-electron chi connectivity index (χ3n) is 2.57. The second-order valence-electron chi connectivity index (χ2n) is 4.24. The van der Waals surface area contributed by atoms with Crippen molar-refractivity contribution >= 4 is 40.2 Å². The Hall–Kier alpha value is -1.67. The molecule has 0 aliphatic carbocycles. The van der Waals surface area contributed by atoms with Crippen LogP contribution in [0.4, 0.5) is 5.95 Å². The fourth-order valence-electron chi connectivity index (χ4n) is 1.66. The van der Waals surface area contributed by atoms with Gasteiger partial charge in [0.05, 0.1) is 6.33 Å². The molecule has 0 aromatic carbocycles. The molecule has 20 heavy (non-hydrogen) atoms. The summed E-state index contributed by atoms with van der Waals surface area (Å²) in [5.41, 5.74) is 2.55. The number of H-pyrrole nitrogens is 1. The Labute approximate surface area is 124 Å². The minimum absolute atomic E-state index is 0.613. The lowest BCUT2D eigenvalue weighted by atomic mass is 10.5. The molecule has 2 N–H and O–H groups in total. The Balaban J connectivity index is 1.96. The Morgan fingerprint density at radius 3 is 3.00 bits per heavy atom. The molecule has 0 saturated heterocycles. The molecule has 0 saturated carbocycles. The third kappa shape index (κ3) is 2.75. The van der Waals surface area contributed by atoms with Crippen LogP contribution in [0.15, 0.2) is 21.1 Å². The molecule has 3 aromatic heterocycles. The summed E-state index contributed by atoms with van der Waals surface area (Å²) in [5, 5.41) is 6.08. The summed E-state index contributed by atoms with van der Waals surface area (Å²) in [6.07, 6.45) is 2.66. The SMILES string of the molecule is CCCNc1nc(Sc2nc(C)cs2)c2[nH]cnc2n1. The Kier molecular flexibility index (Phi) is 3.83. The van der Waals surface area contributed by atoms with Crippen molar-refractivity contribution in [3.8, 4) is 0 Å². The maximum Gasteiger partial charge on any atom is 0.225 e. The lowest BCUT2D eigenvalue weighted by molar-refractivity contribution is 0.943. The van der Waals surface area contributed by atoms with E-state index in [-0.39, 0.29) is 0 Å². The van der Waals surface area contributed by atoms with Crippen LogP contribution in [0.3, 0.4) is 0 Å². The van der Waals surface area contributed by atoms with E-state index >= 15 is 0 Å². The Morgan fingerprint density at radius 2 is 2.25 bits per heavy atom. The molecule has 104 valence electrons. The van der Waals surface area contributed by atoms with Gasteiger partial charge < -0.3 is 10.3 Å². The number of aromatic nitrogens is 5. The van der Waals surface area contributed by atoms with Crippen molar-refractivity contribution in [2.24, 2.45) is 0 Å². The summed E-state index contributed by atoms with van der Waals surface area (Å²) in [6, 6.07) is 0. The summed E-state index contributed by atoms with van der Waals surface area (Å²) >= 11 is 3.15. The van der Waals surface area contributed by atoms with Crippen molar-refractivity contribution in [1.29, 1.82) is 0 Å². The molecular weight excluding hydrogens is 292 g/mol. The second kappa shape index (κ2) is 5.76. The highest BCUT2D eigenvalue weighted by molar-refractivity contribution is 8.01. The quantitative estimate of drug-likeness (QED) is 0.705. The highest BCUT2D eigenvalue weighted by Crippen LogP contribution is 2.32. The van der Waals surface area contributed by atoms with E-state index < -0.39 is 0 Å². The van der Waals surface area contributed by atoms with Gasteiger partial charge in [-0.3, -0.25) is 0 Å². The van der Waals surface area contributed by atoms with Gasteiger partial charge in [-0.25, -0.2) is 15.0 Å². The fraction of sp³-hybridized carbons (Fsp3) is 0.333. The number of imidazole rings is 1. The monoisotopic (exact) mass is 306 g/mol. The Morgan fingerprint density at radius 1 is 1.35 bits per heavy atom. The number of nitrogens with one attached hydrogen (secondary N) is 2. The molecule has 6 nitrogen and oxygen atoms in total. The first-order chi connectivity index (χ1) is 9.76. The van der Waals surface area contributed by atoms with Gasteiger partial charge in [0.1, 0.15) is 10.5 Å². The van der Waals surface area contributed by atoms with Crippen LogP contribution in [0.2, 0.25) is 0 Å². The van der Waals surface area contributed by atoms with Gasteiger partial charge in [-0.05, 0) is 25.1 Å². The van der Waals surface area contributed by atoms with E-state index in [2.05, 4.69) is 37.2 Å². The van der Waals surface area contributed by atoms with Crippen molar-refractivity contribution in [3.05, 3.63) is 17.4 Å². The largest absolute Gasteiger partial charge is 0.354 e. The molecule has 0 spiro atoms. The summed E-state index contributed by atoms with van der Waals surface area (Å²) in [4.78, 5) is 20.7. The lowest BCUT2D eigenvalue weighted by Gasteiger charge is -2.05. The van der Waals surface area contributed by atoms with Gasteiger partial charge in [0.2, 0.25) is 5.95 Å². The molecule has 0 unspecified atom stereocenters. The van der Waals surface area contributed by atoms with Crippen molar-refractivity contribution in [1.82, 2.24) is 24.9 Å². The summed E-state index contributed by atoms with van der Waals surface area (Å²) in [7, 11) is 0. The van der Waals surface area contributed by atoms with Gasteiger partial charge in [0.25, 0.3) is 0 Å². The third-order valence-corrected chi connectivity index (χ3v) is 4.61. The Bertz CT molecular complexity index is 720. The van der Waals surface area contributed by atoms with Crippen LogP contribution < -0.4 is 5.32 Å². The smallest absolute Gasteiger partial charge is 0.225 e. The number of aromatic amines is 1. The maximum atomic E-state index is 4.55. The second-order valence-corrected chi connectivity index (χ2v) is 6.33. The van der Waals surface area contributed by atoms with Gasteiger partial charge in [0, 0.05) is 17.6 Å². The number of hydrogen-bond acceptors (Lipinski definition) is 7. The first-order valence-electron chi connectivity index (χ1n) is 6.31. The van der Waals surface area contributed by atoms with E-state index in [9.17, 15) is 0 Å². The highest BCUT2D eigenvalue weighted by atomic mass is 32.2. The molecule has 3 aromatic rings. The topological polar surface area (TPSA) is 79.4 Å². The standard InChI is InChI=1S/C12H14N6S2/c1-3-4-13-11-17-9-8(14-6-15-9)10(18-11)20-12-16-7(2)5-19-12/h5-6H,3-4H2,1-2H3,(H2,13,14,15,17,18). The van der Waals surface area contributed by atoms with E-state index in [1.807, 2.05) is 12.3 Å². The molecule has 0 aliphatic rings. The fourth-order valence-corrected chi connectivity index (χ4v) is 3.49. The van der Waals surface area contributed by atoms with Crippen molar-refractivity contribution in [2.45, 2.75) is 29.6 Å². The minimum atomic E-state index is 0.613. The van der Waals surface area contributed by atoms with Gasteiger partial charge in [0.15, 0.2) is 9.99 Å². The number of hydrogen-bond donors (Lipinski definition) is 2. The van der Waals surface area contributed by atoms with Crippen LogP contribution in [-0.2, 0) is 0 Å². The zero-order valence-electron chi connectivity index (χ0n) is 11.2. The van der Waals surface area contributed by atoms with E-state index in [4.69, 9.17) is 0 Å². The average molecular weight is 306 g/mol. The van der Waals surface area contributed by atoms with E-state index in [0.29, 0.717) is 11.6 Å². The molecule has 0 aliphatic heterocycles. The minimum Gasteiger partial charge on any atom is -0.354 e. The van der Waals surface area contributed by atoms with E-state index in [0.717, 1.165) is 33.5 Å². The normalized spacial score (nSPS) is 11.1. The summed E-state index contributed by atoms with van der Waals surface area (Å²) in [6.45, 7) is 4.94. The molecule has 0 atom stereocenters. The number of fused-ring (bicyclic) bond motifs is 1. The van der Waals surface area contributed by atoms with Gasteiger partial charge >= 0.3 is 0 Å². The van der Waals surface area contributed by atoms with Crippen LogP contribution in [0.1, 0.15) is 19.0 Å². The van der Waals surface area contributed by atoms with Crippen molar-refractivity contribution < 1.29 is 0 Å². The molecule has 0 bridgehead atoms. The van der Waals surface area contributed by atoms with Crippen LogP contribution in [0.5, 0.6) is 0 Å². The first kappa shape index (κ1) is 13.3. The molecule has 0 fully saturated rings. The summed E-state index contributed by atoms with van der Waals surface area (Å²) in [5.74, 6) is 0.613. The van der Waals surface area contributed by atoms with Crippen LogP contribution >= 0.6 is 23.1 Å². The number of aryl methyl sites for hydroxylation is 1. The predicted molar refractivity (Wildman–Crippen MR) is 81.4 cm³/mol. The molecular formula is C12H14N6S2. The average Bonchev–Trinajstić information content (AvgIpc) is 3.05. The first-order valence-corrected chi connectivity index (χ1v) is 8.01. The molecule has 3 heterocycles. The van der Waals surface area contributed by atoms with Gasteiger partial charge in [-0.15, -0.1) is 11.3 Å². The zero-order chi connectivity index (χ0) is 13.9. The number of anilines is 1. The number of nitrogens with zero attached hydrogens (tertiary/aromatic N) is 4. The maximum absolute atomic E-state index is 4.55. The predicted octanol–water partition coefficient (Wildman–Crippen LogP) is 3.09. The van der Waals surface area contributed by atoms with Crippen LogP contribution in [0, 0.1) is 6.92 Å². The van der Waals surface area contributed by atoms with Gasteiger partial charge in [-0.2, -0.15) is 4.98 Å². The van der Waals surface area contributed by atoms with E-state index in [1.165, 1.54) is 11.8 Å².